The van der Waals surface area contributed by atoms with Crippen molar-refractivity contribution in [2.75, 3.05) is 9.80 Å². The molecule has 0 saturated carbocycles. The molecule has 0 aliphatic carbocycles. The molecule has 410 valence electrons. The maximum absolute atomic E-state index is 7.02. The molecule has 0 N–H and O–H groups in total. The van der Waals surface area contributed by atoms with Crippen molar-refractivity contribution < 1.29 is 17.7 Å². The van der Waals surface area contributed by atoms with Gasteiger partial charge >= 0.3 is 0 Å². The van der Waals surface area contributed by atoms with E-state index in [4.69, 9.17) is 17.7 Å². The standard InChI is InChI=1S/C80H56N2O4/c1-47(2)49-27-33-57(34-28-49)81(71-25-13-23-65-63-21-11-19-61(77(63)85-79(65)71)51-15-7-5-8-16-51)59-37-31-53-41-67-69-45-70-68-42-54-32-38-60(40-56(54)44-74(68)84-76(70)46-75(69)83-73(67)43-55(53)39-59)82(58-35-29-50(30-36-58)48(3)4)72-26-14-24-66-64-22-12-20-62(78(64)86-80(66)72)52-17-9-6-10-18-52/h5-48H,1-4H3. The van der Waals surface area contributed by atoms with Crippen LogP contribution in [0.15, 0.2) is 272 Å². The number of anilines is 6. The van der Waals surface area contributed by atoms with Crippen LogP contribution >= 0.6 is 0 Å². The van der Waals surface area contributed by atoms with Crippen LogP contribution in [0.1, 0.15) is 50.7 Å². The average molecular weight is 1110 g/mol. The summed E-state index contributed by atoms with van der Waals surface area (Å²) in [5.41, 5.74) is 19.6. The number of hydrogen-bond acceptors (Lipinski definition) is 6. The first-order valence-electron chi connectivity index (χ1n) is 29.7. The molecule has 0 bridgehead atoms. The van der Waals surface area contributed by atoms with Gasteiger partial charge in [0.2, 0.25) is 0 Å². The minimum Gasteiger partial charge on any atom is -0.456 e. The molecule has 0 unspecified atom stereocenters. The second-order valence-electron chi connectivity index (χ2n) is 23.6. The van der Waals surface area contributed by atoms with Gasteiger partial charge in [0, 0.05) is 83.0 Å². The third kappa shape index (κ3) is 7.94. The maximum atomic E-state index is 7.02. The van der Waals surface area contributed by atoms with Crippen LogP contribution in [0.25, 0.3) is 132 Å². The van der Waals surface area contributed by atoms with Crippen molar-refractivity contribution in [1.29, 1.82) is 0 Å². The summed E-state index contributed by atoms with van der Waals surface area (Å²) < 4.78 is 27.7. The predicted molar refractivity (Wildman–Crippen MR) is 359 cm³/mol. The van der Waals surface area contributed by atoms with Crippen LogP contribution in [0.4, 0.5) is 34.1 Å². The topological polar surface area (TPSA) is 59.0 Å². The molecule has 17 aromatic rings. The first-order valence-corrected chi connectivity index (χ1v) is 29.7. The van der Waals surface area contributed by atoms with Crippen molar-refractivity contribution in [3.05, 3.63) is 266 Å². The summed E-state index contributed by atoms with van der Waals surface area (Å²) in [5.74, 6) is 0.806. The molecule has 0 fully saturated rings. The van der Waals surface area contributed by atoms with E-state index in [0.29, 0.717) is 11.8 Å². The number of benzene rings is 13. The van der Waals surface area contributed by atoms with Crippen LogP contribution in [0.5, 0.6) is 0 Å². The summed E-state index contributed by atoms with van der Waals surface area (Å²) >= 11 is 0. The molecule has 0 aliphatic rings. The molecule has 0 saturated heterocycles. The summed E-state index contributed by atoms with van der Waals surface area (Å²) in [6.07, 6.45) is 0. The average Bonchev–Trinajstić information content (AvgIpc) is 1.86. The van der Waals surface area contributed by atoms with E-state index < -0.39 is 0 Å². The Hall–Kier alpha value is -10.8. The minimum absolute atomic E-state index is 0.403. The molecule has 0 atom stereocenters. The molecule has 0 spiro atoms. The summed E-state index contributed by atoms with van der Waals surface area (Å²) in [6, 6.07) is 91.4. The SMILES string of the molecule is CC(C)c1ccc(N(c2ccc3cc4c(cc3c2)oc2cc3oc5cc6cc(N(c7ccc(C(C)C)cc7)c7cccc8c7oc7c(-c9ccccc9)cccc78)ccc6cc5c3cc24)c2cccc3c2oc2c(-c4ccccc4)cccc23)cc1. The van der Waals surface area contributed by atoms with E-state index in [2.05, 4.69) is 292 Å². The smallest absolute Gasteiger partial charge is 0.159 e. The number of nitrogens with zero attached hydrogens (tertiary/aromatic N) is 2. The largest absolute Gasteiger partial charge is 0.456 e. The Morgan fingerprint density at radius 3 is 1.05 bits per heavy atom. The molecule has 17 rings (SSSR count). The zero-order valence-electron chi connectivity index (χ0n) is 47.9. The highest BCUT2D eigenvalue weighted by atomic mass is 16.3. The molecular formula is C80H56N2O4. The fraction of sp³-hybridized carbons (Fsp3) is 0.0750. The summed E-state index contributed by atoms with van der Waals surface area (Å²) in [7, 11) is 0. The molecule has 4 aromatic heterocycles. The van der Waals surface area contributed by atoms with E-state index >= 15 is 0 Å². The van der Waals surface area contributed by atoms with Gasteiger partial charge in [0.15, 0.2) is 11.2 Å². The Morgan fingerprint density at radius 1 is 0.256 bits per heavy atom. The first-order chi connectivity index (χ1) is 42.2. The lowest BCUT2D eigenvalue weighted by Gasteiger charge is -2.26. The number of fused-ring (bicyclic) bond motifs is 14. The molecule has 0 radical (unpaired) electrons. The third-order valence-corrected chi connectivity index (χ3v) is 17.8. The monoisotopic (exact) mass is 1110 g/mol. The van der Waals surface area contributed by atoms with Gasteiger partial charge < -0.3 is 27.5 Å². The normalized spacial score (nSPS) is 12.2. The quantitative estimate of drug-likeness (QED) is 0.136. The Morgan fingerprint density at radius 2 is 0.628 bits per heavy atom. The van der Waals surface area contributed by atoms with Crippen molar-refractivity contribution in [3.8, 4) is 22.3 Å². The van der Waals surface area contributed by atoms with Crippen LogP contribution in [-0.4, -0.2) is 0 Å². The van der Waals surface area contributed by atoms with Gasteiger partial charge in [-0.2, -0.15) is 0 Å². The van der Waals surface area contributed by atoms with Crippen molar-refractivity contribution in [2.24, 2.45) is 0 Å². The molecular weight excluding hydrogens is 1050 g/mol. The minimum atomic E-state index is 0.403. The molecule has 0 aliphatic heterocycles. The van der Waals surface area contributed by atoms with E-state index in [1.807, 2.05) is 0 Å². The fourth-order valence-electron chi connectivity index (χ4n) is 13.3. The predicted octanol–water partition coefficient (Wildman–Crippen LogP) is 24.1. The molecule has 86 heavy (non-hydrogen) atoms. The van der Waals surface area contributed by atoms with Crippen molar-refractivity contribution in [2.45, 2.75) is 39.5 Å². The molecule has 6 heteroatoms. The van der Waals surface area contributed by atoms with E-state index in [1.54, 1.807) is 0 Å². The number of furan rings is 4. The number of para-hydroxylation sites is 4. The Labute approximate surface area is 495 Å². The van der Waals surface area contributed by atoms with Gasteiger partial charge in [0.25, 0.3) is 0 Å². The van der Waals surface area contributed by atoms with Gasteiger partial charge in [-0.3, -0.25) is 0 Å². The van der Waals surface area contributed by atoms with E-state index in [-0.39, 0.29) is 0 Å². The van der Waals surface area contributed by atoms with Crippen LogP contribution < -0.4 is 9.80 Å². The van der Waals surface area contributed by atoms with Gasteiger partial charge in [-0.1, -0.05) is 185 Å². The first kappa shape index (κ1) is 49.8. The zero-order chi connectivity index (χ0) is 57.3. The highest BCUT2D eigenvalue weighted by Gasteiger charge is 2.25. The van der Waals surface area contributed by atoms with Crippen LogP contribution in [0, 0.1) is 0 Å². The van der Waals surface area contributed by atoms with Gasteiger partial charge in [-0.25, -0.2) is 0 Å². The van der Waals surface area contributed by atoms with Crippen molar-refractivity contribution in [3.63, 3.8) is 0 Å². The lowest BCUT2D eigenvalue weighted by atomic mass is 10.0. The zero-order valence-corrected chi connectivity index (χ0v) is 47.9. The Balaban J connectivity index is 0.762. The summed E-state index contributed by atoms with van der Waals surface area (Å²) in [6.45, 7) is 8.94. The molecule has 13 aromatic carbocycles. The summed E-state index contributed by atoms with van der Waals surface area (Å²) in [5, 5.41) is 12.9. The number of hydrogen-bond donors (Lipinski definition) is 0. The third-order valence-electron chi connectivity index (χ3n) is 17.8. The van der Waals surface area contributed by atoms with Crippen LogP contribution in [0.3, 0.4) is 0 Å². The van der Waals surface area contributed by atoms with Crippen LogP contribution in [-0.2, 0) is 0 Å². The Kier molecular flexibility index (Phi) is 11.2. The summed E-state index contributed by atoms with van der Waals surface area (Å²) in [4.78, 5) is 4.66. The van der Waals surface area contributed by atoms with Gasteiger partial charge in [0.05, 0.1) is 11.4 Å². The number of rotatable bonds is 10. The van der Waals surface area contributed by atoms with Crippen LogP contribution in [0.2, 0.25) is 0 Å². The Bertz CT molecular complexity index is 5190. The van der Waals surface area contributed by atoms with Crippen molar-refractivity contribution >= 4 is 143 Å². The van der Waals surface area contributed by atoms with E-state index in [0.717, 1.165) is 166 Å². The molecule has 6 nitrogen and oxygen atoms in total. The maximum Gasteiger partial charge on any atom is 0.159 e. The second-order valence-corrected chi connectivity index (χ2v) is 23.6. The lowest BCUT2D eigenvalue weighted by molar-refractivity contribution is 0.656. The van der Waals surface area contributed by atoms with E-state index in [9.17, 15) is 0 Å². The molecule has 4 heterocycles. The van der Waals surface area contributed by atoms with Gasteiger partial charge in [-0.05, 0) is 147 Å². The second kappa shape index (κ2) is 19.4. The highest BCUT2D eigenvalue weighted by Crippen LogP contribution is 2.48. The highest BCUT2D eigenvalue weighted by molar-refractivity contribution is 6.20. The fourth-order valence-corrected chi connectivity index (χ4v) is 13.3. The van der Waals surface area contributed by atoms with E-state index in [1.165, 1.54) is 11.1 Å². The van der Waals surface area contributed by atoms with Gasteiger partial charge in [-0.15, -0.1) is 0 Å². The van der Waals surface area contributed by atoms with Crippen molar-refractivity contribution in [1.82, 2.24) is 0 Å². The van der Waals surface area contributed by atoms with Gasteiger partial charge in [0.1, 0.15) is 33.5 Å². The molecule has 0 amide bonds. The lowest BCUT2D eigenvalue weighted by Crippen LogP contribution is -2.10.